The van der Waals surface area contributed by atoms with E-state index < -0.39 is 0 Å². The number of hydrogen-bond acceptors (Lipinski definition) is 4. The van der Waals surface area contributed by atoms with Gasteiger partial charge in [0.05, 0.1) is 6.61 Å². The fraction of sp³-hybridized carbons (Fsp3) is 0.417. The Morgan fingerprint density at radius 3 is 2.62 bits per heavy atom. The van der Waals surface area contributed by atoms with Crippen LogP contribution in [0.5, 0.6) is 5.75 Å². The summed E-state index contributed by atoms with van der Waals surface area (Å²) in [5.41, 5.74) is 1.50. The first-order chi connectivity index (χ1) is 15.6. The molecule has 2 fully saturated rings. The van der Waals surface area contributed by atoms with Crippen LogP contribution in [0.15, 0.2) is 48.5 Å². The largest absolute Gasteiger partial charge is 0.494 e. The van der Waals surface area contributed by atoms with Gasteiger partial charge in [-0.3, -0.25) is 9.69 Å². The average molecular weight is 458 g/mol. The SMILES string of the molecule is CCOc1ccc(N2CCN(CC(=O)N3CCSC(c4ccccc4F)CC3)C2=O)cc1. The summed E-state index contributed by atoms with van der Waals surface area (Å²) in [6.45, 7) is 4.82. The predicted octanol–water partition coefficient (Wildman–Crippen LogP) is 4.17. The van der Waals surface area contributed by atoms with Crippen molar-refractivity contribution < 1.29 is 18.7 Å². The molecule has 2 aliphatic rings. The lowest BCUT2D eigenvalue weighted by molar-refractivity contribution is -0.131. The van der Waals surface area contributed by atoms with Crippen LogP contribution in [0.3, 0.4) is 0 Å². The van der Waals surface area contributed by atoms with Crippen LogP contribution >= 0.6 is 11.8 Å². The molecule has 8 heteroatoms. The number of urea groups is 1. The predicted molar refractivity (Wildman–Crippen MR) is 125 cm³/mol. The molecule has 3 amide bonds. The molecule has 0 bridgehead atoms. The number of carbonyl (C=O) groups is 2. The Hall–Kier alpha value is -2.74. The van der Waals surface area contributed by atoms with Crippen molar-refractivity contribution in [2.75, 3.05) is 50.0 Å². The molecule has 4 rings (SSSR count). The quantitative estimate of drug-likeness (QED) is 0.653. The maximum atomic E-state index is 14.2. The molecule has 0 spiro atoms. The number of benzene rings is 2. The topological polar surface area (TPSA) is 53.1 Å². The van der Waals surface area contributed by atoms with E-state index in [9.17, 15) is 14.0 Å². The average Bonchev–Trinajstić information content (AvgIpc) is 3.00. The molecule has 2 saturated heterocycles. The van der Waals surface area contributed by atoms with Gasteiger partial charge in [-0.05, 0) is 43.7 Å². The maximum absolute atomic E-state index is 14.2. The van der Waals surface area contributed by atoms with Gasteiger partial charge in [-0.25, -0.2) is 9.18 Å². The van der Waals surface area contributed by atoms with Gasteiger partial charge in [0.25, 0.3) is 0 Å². The molecule has 6 nitrogen and oxygen atoms in total. The molecule has 2 heterocycles. The second kappa shape index (κ2) is 10.3. The van der Waals surface area contributed by atoms with E-state index in [0.717, 1.165) is 17.2 Å². The molecule has 1 unspecified atom stereocenters. The summed E-state index contributed by atoms with van der Waals surface area (Å²) in [6.07, 6.45) is 0.698. The molecule has 0 aliphatic carbocycles. The minimum Gasteiger partial charge on any atom is -0.494 e. The third-order valence-electron chi connectivity index (χ3n) is 5.83. The lowest BCUT2D eigenvalue weighted by atomic mass is 10.1. The smallest absolute Gasteiger partial charge is 0.325 e. The standard InChI is InChI=1S/C24H28FN3O3S/c1-2-31-19-9-7-18(8-10-19)28-14-13-27(24(28)30)17-23(29)26-12-11-22(32-16-15-26)20-5-3-4-6-21(20)25/h3-10,22H,2,11-17H2,1H3. The monoisotopic (exact) mass is 457 g/mol. The Labute approximate surface area is 192 Å². The zero-order chi connectivity index (χ0) is 22.5. The molecule has 2 aromatic carbocycles. The van der Waals surface area contributed by atoms with E-state index in [0.29, 0.717) is 44.8 Å². The van der Waals surface area contributed by atoms with Crippen molar-refractivity contribution in [1.82, 2.24) is 9.80 Å². The van der Waals surface area contributed by atoms with Crippen molar-refractivity contribution in [3.05, 3.63) is 59.9 Å². The zero-order valence-corrected chi connectivity index (χ0v) is 19.0. The fourth-order valence-electron chi connectivity index (χ4n) is 4.13. The number of rotatable bonds is 6. The van der Waals surface area contributed by atoms with Crippen molar-refractivity contribution >= 4 is 29.4 Å². The summed E-state index contributed by atoms with van der Waals surface area (Å²) in [4.78, 5) is 30.9. The second-order valence-corrected chi connectivity index (χ2v) is 9.14. The van der Waals surface area contributed by atoms with Gasteiger partial charge in [0.2, 0.25) is 5.91 Å². The van der Waals surface area contributed by atoms with Crippen molar-refractivity contribution in [2.45, 2.75) is 18.6 Å². The lowest BCUT2D eigenvalue weighted by Gasteiger charge is -2.24. The van der Waals surface area contributed by atoms with Crippen LogP contribution in [0.25, 0.3) is 0 Å². The van der Waals surface area contributed by atoms with Crippen LogP contribution in [-0.4, -0.2) is 66.8 Å². The van der Waals surface area contributed by atoms with Gasteiger partial charge in [-0.1, -0.05) is 18.2 Å². The molecular weight excluding hydrogens is 429 g/mol. The van der Waals surface area contributed by atoms with Crippen molar-refractivity contribution in [3.8, 4) is 5.75 Å². The number of ether oxygens (including phenoxy) is 1. The zero-order valence-electron chi connectivity index (χ0n) is 18.2. The fourth-order valence-corrected chi connectivity index (χ4v) is 5.38. The van der Waals surface area contributed by atoms with Crippen LogP contribution in [-0.2, 0) is 4.79 Å². The van der Waals surface area contributed by atoms with E-state index in [1.165, 1.54) is 6.07 Å². The highest BCUT2D eigenvalue weighted by Gasteiger charge is 2.32. The number of carbonyl (C=O) groups excluding carboxylic acids is 2. The van der Waals surface area contributed by atoms with Crippen LogP contribution < -0.4 is 9.64 Å². The van der Waals surface area contributed by atoms with Gasteiger partial charge >= 0.3 is 6.03 Å². The molecular formula is C24H28FN3O3S. The van der Waals surface area contributed by atoms with Gasteiger partial charge in [-0.2, -0.15) is 11.8 Å². The van der Waals surface area contributed by atoms with E-state index in [4.69, 9.17) is 4.74 Å². The first kappa shape index (κ1) is 22.5. The molecule has 170 valence electrons. The molecule has 32 heavy (non-hydrogen) atoms. The third kappa shape index (κ3) is 5.01. The summed E-state index contributed by atoms with van der Waals surface area (Å²) in [6, 6.07) is 14.1. The summed E-state index contributed by atoms with van der Waals surface area (Å²) in [5.74, 6) is 1.27. The van der Waals surface area contributed by atoms with Crippen LogP contribution in [0, 0.1) is 5.82 Å². The lowest BCUT2D eigenvalue weighted by Crippen LogP contribution is -2.43. The maximum Gasteiger partial charge on any atom is 0.325 e. The molecule has 0 aromatic heterocycles. The Balaban J connectivity index is 1.33. The van der Waals surface area contributed by atoms with Crippen LogP contribution in [0.2, 0.25) is 0 Å². The molecule has 1 atom stereocenters. The van der Waals surface area contributed by atoms with Gasteiger partial charge in [0.1, 0.15) is 18.1 Å². The van der Waals surface area contributed by atoms with Gasteiger partial charge in [0.15, 0.2) is 0 Å². The number of nitrogens with zero attached hydrogens (tertiary/aromatic N) is 3. The molecule has 0 saturated carbocycles. The summed E-state index contributed by atoms with van der Waals surface area (Å²) >= 11 is 1.69. The van der Waals surface area contributed by atoms with Crippen molar-refractivity contribution in [2.24, 2.45) is 0 Å². The number of thioether (sulfide) groups is 1. The van der Waals surface area contributed by atoms with E-state index in [2.05, 4.69) is 0 Å². The van der Waals surface area contributed by atoms with Crippen molar-refractivity contribution in [3.63, 3.8) is 0 Å². The van der Waals surface area contributed by atoms with Gasteiger partial charge in [0, 0.05) is 48.4 Å². The molecule has 2 aromatic rings. The Kier molecular flexibility index (Phi) is 7.19. The Morgan fingerprint density at radius 2 is 1.88 bits per heavy atom. The van der Waals surface area contributed by atoms with Crippen LogP contribution in [0.4, 0.5) is 14.9 Å². The van der Waals surface area contributed by atoms with Crippen LogP contribution in [0.1, 0.15) is 24.2 Å². The number of halogens is 1. The summed E-state index contributed by atoms with van der Waals surface area (Å²) in [5, 5.41) is 0.0394. The van der Waals surface area contributed by atoms with E-state index in [1.807, 2.05) is 43.3 Å². The highest BCUT2D eigenvalue weighted by atomic mass is 32.2. The summed E-state index contributed by atoms with van der Waals surface area (Å²) < 4.78 is 19.6. The number of hydrogen-bond donors (Lipinski definition) is 0. The number of amides is 3. The van der Waals surface area contributed by atoms with E-state index >= 15 is 0 Å². The second-order valence-electron chi connectivity index (χ2n) is 7.83. The Morgan fingerprint density at radius 1 is 1.09 bits per heavy atom. The molecule has 2 aliphatic heterocycles. The molecule has 0 radical (unpaired) electrons. The van der Waals surface area contributed by atoms with E-state index in [1.54, 1.807) is 32.5 Å². The minimum absolute atomic E-state index is 0.0394. The van der Waals surface area contributed by atoms with Crippen molar-refractivity contribution in [1.29, 1.82) is 0 Å². The molecule has 0 N–H and O–H groups in total. The highest BCUT2D eigenvalue weighted by molar-refractivity contribution is 7.99. The normalized spacial score (nSPS) is 19.2. The van der Waals surface area contributed by atoms with Gasteiger partial charge in [-0.15, -0.1) is 0 Å². The first-order valence-corrected chi connectivity index (χ1v) is 12.0. The van der Waals surface area contributed by atoms with Gasteiger partial charge < -0.3 is 14.5 Å². The highest BCUT2D eigenvalue weighted by Crippen LogP contribution is 2.35. The number of anilines is 1. The minimum atomic E-state index is -0.193. The van der Waals surface area contributed by atoms with E-state index in [-0.39, 0.29) is 29.6 Å². The summed E-state index contributed by atoms with van der Waals surface area (Å²) in [7, 11) is 0. The third-order valence-corrected chi connectivity index (χ3v) is 7.14. The Bertz CT molecular complexity index is 956. The first-order valence-electron chi connectivity index (χ1n) is 11.0.